The van der Waals surface area contributed by atoms with Crippen LogP contribution in [0.4, 0.5) is 5.95 Å². The number of anilines is 1. The Balaban J connectivity index is 1.58. The van der Waals surface area contributed by atoms with E-state index in [1.165, 1.54) is 0 Å². The summed E-state index contributed by atoms with van der Waals surface area (Å²) in [5.74, 6) is 2.33. The van der Waals surface area contributed by atoms with Crippen molar-refractivity contribution in [2.75, 3.05) is 31.1 Å². The highest BCUT2D eigenvalue weighted by Crippen LogP contribution is 2.21. The fourth-order valence-corrected chi connectivity index (χ4v) is 2.68. The van der Waals surface area contributed by atoms with Gasteiger partial charge in [0.2, 0.25) is 11.8 Å². The van der Waals surface area contributed by atoms with Gasteiger partial charge >= 0.3 is 0 Å². The number of nitrogens with zero attached hydrogens (tertiary/aromatic N) is 6. The lowest BCUT2D eigenvalue weighted by Gasteiger charge is -2.36. The van der Waals surface area contributed by atoms with Crippen LogP contribution in [-0.2, 0) is 6.42 Å². The molecule has 0 aliphatic carbocycles. The highest BCUT2D eigenvalue weighted by Gasteiger charge is 2.26. The summed E-state index contributed by atoms with van der Waals surface area (Å²) in [6, 6.07) is 1.99. The molecule has 7 heteroatoms. The zero-order chi connectivity index (χ0) is 15.4. The first kappa shape index (κ1) is 14.9. The Labute approximate surface area is 130 Å². The van der Waals surface area contributed by atoms with Crippen molar-refractivity contribution in [3.63, 3.8) is 0 Å². The molecule has 0 amide bonds. The van der Waals surface area contributed by atoms with Gasteiger partial charge in [0.15, 0.2) is 5.82 Å². The van der Waals surface area contributed by atoms with E-state index in [2.05, 4.69) is 43.8 Å². The molecule has 1 aliphatic heterocycles. The zero-order valence-corrected chi connectivity index (χ0v) is 13.1. The molecule has 1 saturated heterocycles. The second-order valence-corrected chi connectivity index (χ2v) is 5.55. The predicted molar refractivity (Wildman–Crippen MR) is 82.5 cm³/mol. The summed E-state index contributed by atoms with van der Waals surface area (Å²) in [5, 5.41) is 4.04. The molecule has 118 valence electrons. The first-order chi connectivity index (χ1) is 10.8. The van der Waals surface area contributed by atoms with Gasteiger partial charge in [0, 0.05) is 45.0 Å². The lowest BCUT2D eigenvalue weighted by molar-refractivity contribution is 0.163. The van der Waals surface area contributed by atoms with Crippen LogP contribution in [0, 0.1) is 0 Å². The van der Waals surface area contributed by atoms with Gasteiger partial charge in [-0.3, -0.25) is 4.90 Å². The van der Waals surface area contributed by atoms with Crippen LogP contribution in [-0.4, -0.2) is 51.2 Å². The fourth-order valence-electron chi connectivity index (χ4n) is 2.68. The van der Waals surface area contributed by atoms with E-state index in [9.17, 15) is 0 Å². The smallest absolute Gasteiger partial charge is 0.243 e. The van der Waals surface area contributed by atoms with E-state index >= 15 is 0 Å². The number of aromatic nitrogens is 4. The van der Waals surface area contributed by atoms with Crippen LogP contribution in [0.5, 0.6) is 0 Å². The molecule has 2 aromatic heterocycles. The molecular formula is C15H22N6O. The van der Waals surface area contributed by atoms with Crippen molar-refractivity contribution in [3.8, 4) is 0 Å². The van der Waals surface area contributed by atoms with Crippen molar-refractivity contribution in [3.05, 3.63) is 30.2 Å². The summed E-state index contributed by atoms with van der Waals surface area (Å²) < 4.78 is 5.40. The lowest BCUT2D eigenvalue weighted by Crippen LogP contribution is -2.47. The second kappa shape index (κ2) is 6.83. The van der Waals surface area contributed by atoms with Crippen molar-refractivity contribution >= 4 is 5.95 Å². The predicted octanol–water partition coefficient (Wildman–Crippen LogP) is 1.70. The van der Waals surface area contributed by atoms with Crippen LogP contribution >= 0.6 is 0 Å². The molecule has 0 N–H and O–H groups in total. The zero-order valence-electron chi connectivity index (χ0n) is 13.1. The van der Waals surface area contributed by atoms with Gasteiger partial charge in [-0.2, -0.15) is 4.98 Å². The Kier molecular flexibility index (Phi) is 4.62. The third kappa shape index (κ3) is 3.24. The van der Waals surface area contributed by atoms with Crippen molar-refractivity contribution in [1.82, 2.24) is 25.0 Å². The van der Waals surface area contributed by atoms with E-state index in [0.717, 1.165) is 50.8 Å². The van der Waals surface area contributed by atoms with Crippen LogP contribution in [0.15, 0.2) is 23.0 Å². The molecule has 2 aromatic rings. The lowest BCUT2D eigenvalue weighted by atomic mass is 10.2. The minimum absolute atomic E-state index is 0.150. The Hall–Kier alpha value is -2.02. The molecule has 0 bridgehead atoms. The molecule has 3 heterocycles. The third-order valence-electron chi connectivity index (χ3n) is 4.01. The molecule has 0 spiro atoms. The number of rotatable bonds is 5. The van der Waals surface area contributed by atoms with Gasteiger partial charge in [-0.25, -0.2) is 9.97 Å². The van der Waals surface area contributed by atoms with E-state index in [0.29, 0.717) is 5.89 Å². The SMILES string of the molecule is CCCc1noc([C@H](C)N2CCN(c3ncccn3)CC2)n1. The summed E-state index contributed by atoms with van der Waals surface area (Å²) >= 11 is 0. The summed E-state index contributed by atoms with van der Waals surface area (Å²) in [4.78, 5) is 17.7. The summed E-state index contributed by atoms with van der Waals surface area (Å²) in [7, 11) is 0. The molecule has 0 saturated carbocycles. The summed E-state index contributed by atoms with van der Waals surface area (Å²) in [6.45, 7) is 7.92. The normalized spacial score (nSPS) is 17.6. The Bertz CT molecular complexity index is 579. The van der Waals surface area contributed by atoms with Crippen LogP contribution in [0.3, 0.4) is 0 Å². The number of hydrogen-bond donors (Lipinski definition) is 0. The van der Waals surface area contributed by atoms with Gasteiger partial charge in [0.05, 0.1) is 6.04 Å². The number of piperazine rings is 1. The first-order valence-electron chi connectivity index (χ1n) is 7.86. The standard InChI is InChI=1S/C15H22N6O/c1-3-5-13-18-14(22-19-13)12(2)20-8-10-21(11-9-20)15-16-6-4-7-17-15/h4,6-7,12H,3,5,8-11H2,1-2H3/t12-/m0/s1. The van der Waals surface area contributed by atoms with Gasteiger partial charge in [0.25, 0.3) is 0 Å². The quantitative estimate of drug-likeness (QED) is 0.832. The van der Waals surface area contributed by atoms with Crippen LogP contribution in [0.25, 0.3) is 0 Å². The molecule has 0 aromatic carbocycles. The highest BCUT2D eigenvalue weighted by molar-refractivity contribution is 5.29. The molecule has 1 aliphatic rings. The topological polar surface area (TPSA) is 71.2 Å². The fraction of sp³-hybridized carbons (Fsp3) is 0.600. The largest absolute Gasteiger partial charge is 0.338 e. The van der Waals surface area contributed by atoms with Crippen molar-refractivity contribution < 1.29 is 4.52 Å². The second-order valence-electron chi connectivity index (χ2n) is 5.55. The van der Waals surface area contributed by atoms with Crippen molar-refractivity contribution in [1.29, 1.82) is 0 Å². The monoisotopic (exact) mass is 302 g/mol. The minimum atomic E-state index is 0.150. The Morgan fingerprint density at radius 3 is 2.59 bits per heavy atom. The highest BCUT2D eigenvalue weighted by atomic mass is 16.5. The average Bonchev–Trinajstić information content (AvgIpc) is 3.04. The molecule has 3 rings (SSSR count). The summed E-state index contributed by atoms with van der Waals surface area (Å²) in [6.07, 6.45) is 5.47. The maximum atomic E-state index is 5.40. The van der Waals surface area contributed by atoms with E-state index in [1.807, 2.05) is 6.07 Å². The maximum absolute atomic E-state index is 5.40. The van der Waals surface area contributed by atoms with Gasteiger partial charge in [-0.15, -0.1) is 0 Å². The molecule has 0 radical (unpaired) electrons. The van der Waals surface area contributed by atoms with Crippen molar-refractivity contribution in [2.45, 2.75) is 32.7 Å². The molecule has 1 atom stereocenters. The van der Waals surface area contributed by atoms with Gasteiger partial charge in [-0.05, 0) is 19.4 Å². The first-order valence-corrected chi connectivity index (χ1v) is 7.86. The third-order valence-corrected chi connectivity index (χ3v) is 4.01. The number of hydrogen-bond acceptors (Lipinski definition) is 7. The summed E-state index contributed by atoms with van der Waals surface area (Å²) in [5.41, 5.74) is 0. The van der Waals surface area contributed by atoms with E-state index in [1.54, 1.807) is 12.4 Å². The van der Waals surface area contributed by atoms with Gasteiger partial charge in [-0.1, -0.05) is 12.1 Å². The van der Waals surface area contributed by atoms with E-state index in [-0.39, 0.29) is 6.04 Å². The Morgan fingerprint density at radius 2 is 1.91 bits per heavy atom. The average molecular weight is 302 g/mol. The minimum Gasteiger partial charge on any atom is -0.338 e. The molecule has 7 nitrogen and oxygen atoms in total. The molecule has 22 heavy (non-hydrogen) atoms. The van der Waals surface area contributed by atoms with Crippen LogP contribution < -0.4 is 4.90 Å². The molecule has 1 fully saturated rings. The van der Waals surface area contributed by atoms with E-state index < -0.39 is 0 Å². The van der Waals surface area contributed by atoms with Crippen molar-refractivity contribution in [2.24, 2.45) is 0 Å². The van der Waals surface area contributed by atoms with Gasteiger partial charge in [0.1, 0.15) is 0 Å². The van der Waals surface area contributed by atoms with Crippen LogP contribution in [0.1, 0.15) is 38.0 Å². The van der Waals surface area contributed by atoms with Gasteiger partial charge < -0.3 is 9.42 Å². The van der Waals surface area contributed by atoms with Crippen LogP contribution in [0.2, 0.25) is 0 Å². The van der Waals surface area contributed by atoms with E-state index in [4.69, 9.17) is 4.52 Å². The Morgan fingerprint density at radius 1 is 1.18 bits per heavy atom. The maximum Gasteiger partial charge on any atom is 0.243 e. The number of aryl methyl sites for hydroxylation is 1. The molecule has 0 unspecified atom stereocenters. The molecular weight excluding hydrogens is 280 g/mol.